The first-order valence-electron chi connectivity index (χ1n) is 11.8. The molecule has 2 saturated heterocycles. The molecule has 0 radical (unpaired) electrons. The number of halogens is 3. The van der Waals surface area contributed by atoms with Crippen LogP contribution in [0.15, 0.2) is 46.2 Å². The minimum Gasteiger partial charge on any atom is -0.381 e. The Morgan fingerprint density at radius 2 is 1.92 bits per heavy atom. The Labute approximate surface area is 212 Å². The van der Waals surface area contributed by atoms with E-state index in [1.54, 1.807) is 17.0 Å². The molecule has 6 rings (SSSR count). The molecule has 0 unspecified atom stereocenters. The van der Waals surface area contributed by atoms with Crippen LogP contribution in [-0.4, -0.2) is 50.0 Å². The van der Waals surface area contributed by atoms with Crippen molar-refractivity contribution >= 4 is 11.5 Å². The first kappa shape index (κ1) is 23.9. The number of nitriles is 1. The summed E-state index contributed by atoms with van der Waals surface area (Å²) < 4.78 is 50.7. The highest BCUT2D eigenvalue weighted by Crippen LogP contribution is 2.41. The van der Waals surface area contributed by atoms with E-state index in [2.05, 4.69) is 10.1 Å². The number of hydrogen-bond acceptors (Lipinski definition) is 7. The van der Waals surface area contributed by atoms with Crippen molar-refractivity contribution in [3.63, 3.8) is 0 Å². The number of nitrogens with zero attached hydrogens (tertiary/aromatic N) is 7. The van der Waals surface area contributed by atoms with Gasteiger partial charge in [-0.15, -0.1) is 0 Å². The lowest BCUT2D eigenvalue weighted by Crippen LogP contribution is -2.59. The van der Waals surface area contributed by atoms with E-state index in [1.165, 1.54) is 16.9 Å². The van der Waals surface area contributed by atoms with Crippen LogP contribution in [0, 0.1) is 34.2 Å². The van der Waals surface area contributed by atoms with E-state index in [-0.39, 0.29) is 34.6 Å². The summed E-state index contributed by atoms with van der Waals surface area (Å²) in [4.78, 5) is 33.7. The Bertz CT molecular complexity index is 1720. The molecule has 0 N–H and O–H groups in total. The van der Waals surface area contributed by atoms with Crippen LogP contribution in [0.2, 0.25) is 0 Å². The predicted octanol–water partition coefficient (Wildman–Crippen LogP) is 1.80. The Morgan fingerprint density at radius 1 is 1.16 bits per heavy atom. The van der Waals surface area contributed by atoms with E-state index in [0.29, 0.717) is 32.0 Å². The topological polar surface area (TPSA) is 110 Å². The zero-order chi connectivity index (χ0) is 26.6. The summed E-state index contributed by atoms with van der Waals surface area (Å²) in [6, 6.07) is 6.86. The van der Waals surface area contributed by atoms with Crippen molar-refractivity contribution < 1.29 is 17.9 Å². The van der Waals surface area contributed by atoms with Crippen molar-refractivity contribution in [3.05, 3.63) is 86.1 Å². The number of ether oxygens (including phenoxy) is 1. The van der Waals surface area contributed by atoms with Gasteiger partial charge in [0.25, 0.3) is 5.56 Å². The highest BCUT2D eigenvalue weighted by molar-refractivity contribution is 5.54. The number of benzene rings is 1. The Hall–Kier alpha value is -4.44. The molecule has 38 heavy (non-hydrogen) atoms. The first-order valence-corrected chi connectivity index (χ1v) is 11.8. The van der Waals surface area contributed by atoms with Crippen LogP contribution in [0.1, 0.15) is 17.5 Å². The van der Waals surface area contributed by atoms with Crippen molar-refractivity contribution in [1.82, 2.24) is 23.7 Å². The summed E-state index contributed by atoms with van der Waals surface area (Å²) in [5.74, 6) is -4.20. The lowest BCUT2D eigenvalue weighted by atomic mass is 9.79. The second kappa shape index (κ2) is 8.84. The summed E-state index contributed by atoms with van der Waals surface area (Å²) >= 11 is 0. The fraction of sp³-hybridized carbons (Fsp3) is 0.320. The Balaban J connectivity index is 1.59. The molecule has 194 valence electrons. The van der Waals surface area contributed by atoms with Crippen molar-refractivity contribution in [3.8, 4) is 11.9 Å². The van der Waals surface area contributed by atoms with E-state index in [9.17, 15) is 28.0 Å². The summed E-state index contributed by atoms with van der Waals surface area (Å²) in [6.45, 7) is 1.68. The highest BCUT2D eigenvalue weighted by atomic mass is 19.2. The van der Waals surface area contributed by atoms with Crippen LogP contribution in [-0.2, 0) is 17.7 Å². The minimum absolute atomic E-state index is 0.0100. The van der Waals surface area contributed by atoms with Gasteiger partial charge in [0.2, 0.25) is 0 Å². The zero-order valence-corrected chi connectivity index (χ0v) is 19.9. The van der Waals surface area contributed by atoms with Crippen LogP contribution in [0.3, 0.4) is 0 Å². The molecule has 10 nitrogen and oxygen atoms in total. The lowest BCUT2D eigenvalue weighted by molar-refractivity contribution is 0.130. The van der Waals surface area contributed by atoms with Gasteiger partial charge in [0.05, 0.1) is 24.4 Å². The third kappa shape index (κ3) is 3.67. The normalized spacial score (nSPS) is 16.2. The summed E-state index contributed by atoms with van der Waals surface area (Å²) in [6.07, 6.45) is 3.25. The number of hydrogen-bond donors (Lipinski definition) is 0. The van der Waals surface area contributed by atoms with E-state index in [0.717, 1.165) is 27.7 Å². The van der Waals surface area contributed by atoms with Crippen molar-refractivity contribution in [2.45, 2.75) is 19.4 Å². The van der Waals surface area contributed by atoms with Crippen LogP contribution < -0.4 is 16.1 Å². The standard InChI is InChI=1S/C25H20F3N7O3/c26-17-9-15(10-18(27)21(17)28)8-16-22(32-12-25(13-32)3-7-38-14-25)33(6-4-29)24(37)34(23(16)36)20-11-30-19-2-1-5-31-35(19)20/h1-2,5,9-11H,3,6-8,12-14H2. The number of anilines is 1. The molecule has 1 aromatic carbocycles. The zero-order valence-electron chi connectivity index (χ0n) is 19.9. The third-order valence-corrected chi connectivity index (χ3v) is 7.09. The SMILES string of the molecule is N#CCn1c(N2CC3(CCOC3)C2)c(Cc2cc(F)c(F)c(F)c2)c(=O)n(-c2cnc3cccnn23)c1=O. The first-order chi connectivity index (χ1) is 18.3. The molecule has 0 aliphatic carbocycles. The van der Waals surface area contributed by atoms with Gasteiger partial charge in [-0.05, 0) is 36.2 Å². The summed E-state index contributed by atoms with van der Waals surface area (Å²) in [7, 11) is 0. The van der Waals surface area contributed by atoms with Gasteiger partial charge in [0.1, 0.15) is 12.4 Å². The second-order valence-electron chi connectivity index (χ2n) is 9.59. The van der Waals surface area contributed by atoms with Gasteiger partial charge in [-0.2, -0.15) is 14.9 Å². The summed E-state index contributed by atoms with van der Waals surface area (Å²) in [5, 5.41) is 13.8. The van der Waals surface area contributed by atoms with Crippen LogP contribution >= 0.6 is 0 Å². The van der Waals surface area contributed by atoms with Crippen molar-refractivity contribution in [1.29, 1.82) is 5.26 Å². The molecule has 2 aliphatic rings. The maximum Gasteiger partial charge on any atom is 0.339 e. The van der Waals surface area contributed by atoms with Gasteiger partial charge in [0.15, 0.2) is 28.9 Å². The average Bonchev–Trinajstić information content (AvgIpc) is 3.53. The summed E-state index contributed by atoms with van der Waals surface area (Å²) in [5.41, 5.74) is -1.31. The van der Waals surface area contributed by atoms with Crippen molar-refractivity contribution in [2.24, 2.45) is 5.41 Å². The highest BCUT2D eigenvalue weighted by Gasteiger charge is 2.47. The fourth-order valence-corrected chi connectivity index (χ4v) is 5.32. The molecule has 1 spiro atoms. The molecular formula is C25H20F3N7O3. The molecule has 13 heteroatoms. The number of rotatable bonds is 5. The molecule has 0 bridgehead atoms. The molecular weight excluding hydrogens is 503 g/mol. The average molecular weight is 523 g/mol. The number of imidazole rings is 1. The Morgan fingerprint density at radius 3 is 2.61 bits per heavy atom. The van der Waals surface area contributed by atoms with Gasteiger partial charge < -0.3 is 9.64 Å². The molecule has 0 saturated carbocycles. The monoisotopic (exact) mass is 523 g/mol. The largest absolute Gasteiger partial charge is 0.381 e. The lowest BCUT2D eigenvalue weighted by Gasteiger charge is -2.49. The molecule has 4 aromatic rings. The van der Waals surface area contributed by atoms with Gasteiger partial charge in [-0.1, -0.05) is 0 Å². The van der Waals surface area contributed by atoms with E-state index >= 15 is 0 Å². The molecule has 0 amide bonds. The molecule has 2 aliphatic heterocycles. The minimum atomic E-state index is -1.62. The third-order valence-electron chi connectivity index (χ3n) is 7.09. The number of aromatic nitrogens is 5. The Kier molecular flexibility index (Phi) is 5.57. The van der Waals surface area contributed by atoms with Gasteiger partial charge in [0, 0.05) is 37.7 Å². The van der Waals surface area contributed by atoms with E-state index in [4.69, 9.17) is 4.74 Å². The predicted molar refractivity (Wildman–Crippen MR) is 128 cm³/mol. The number of fused-ring (bicyclic) bond motifs is 1. The molecule has 0 atom stereocenters. The van der Waals surface area contributed by atoms with Crippen LogP contribution in [0.4, 0.5) is 19.0 Å². The van der Waals surface area contributed by atoms with E-state index < -0.39 is 35.2 Å². The second-order valence-corrected chi connectivity index (χ2v) is 9.59. The fourth-order valence-electron chi connectivity index (χ4n) is 5.32. The molecule has 2 fully saturated rings. The smallest absolute Gasteiger partial charge is 0.339 e. The van der Waals surface area contributed by atoms with Gasteiger partial charge in [-0.3, -0.25) is 9.36 Å². The quantitative estimate of drug-likeness (QED) is 0.367. The van der Waals surface area contributed by atoms with Crippen LogP contribution in [0.25, 0.3) is 11.5 Å². The molecule has 5 heterocycles. The van der Waals surface area contributed by atoms with Crippen molar-refractivity contribution in [2.75, 3.05) is 31.2 Å². The van der Waals surface area contributed by atoms with Gasteiger partial charge >= 0.3 is 5.69 Å². The maximum atomic E-state index is 14.1. The molecule has 3 aromatic heterocycles. The van der Waals surface area contributed by atoms with Crippen LogP contribution in [0.5, 0.6) is 0 Å². The maximum absolute atomic E-state index is 14.1. The van der Waals surface area contributed by atoms with E-state index in [1.807, 2.05) is 6.07 Å². The van der Waals surface area contributed by atoms with Gasteiger partial charge in [-0.25, -0.2) is 27.5 Å².